The molecule has 1 unspecified atom stereocenters. The van der Waals surface area contributed by atoms with Crippen LogP contribution < -0.4 is 15.5 Å². The average molecular weight is 373 g/mol. The van der Waals surface area contributed by atoms with Crippen LogP contribution in [0.2, 0.25) is 0 Å². The van der Waals surface area contributed by atoms with Crippen molar-refractivity contribution >= 4 is 45.9 Å². The number of nitrogens with zero attached hydrogens (tertiary/aromatic N) is 1. The highest BCUT2D eigenvalue weighted by atomic mass is 16.2. The molecule has 1 fully saturated rings. The Bertz CT molecular complexity index is 1110. The van der Waals surface area contributed by atoms with E-state index in [-0.39, 0.29) is 5.69 Å². The van der Waals surface area contributed by atoms with Gasteiger partial charge in [0.2, 0.25) is 11.8 Å². The third-order valence-corrected chi connectivity index (χ3v) is 4.46. The molecule has 1 saturated heterocycles. The quantitative estimate of drug-likeness (QED) is 0.690. The Kier molecular flexibility index (Phi) is 4.33. The van der Waals surface area contributed by atoms with E-state index in [4.69, 9.17) is 0 Å². The molecule has 3 aromatic carbocycles. The Morgan fingerprint density at radius 2 is 1.54 bits per heavy atom. The van der Waals surface area contributed by atoms with Crippen molar-refractivity contribution in [2.75, 3.05) is 10.2 Å². The molecule has 0 aliphatic carbocycles. The van der Waals surface area contributed by atoms with Crippen LogP contribution in [0, 0.1) is 5.92 Å². The Hall–Kier alpha value is -4.00. The minimum absolute atomic E-state index is 0.279. The molecule has 7 heteroatoms. The summed E-state index contributed by atoms with van der Waals surface area (Å²) in [6.07, 6.45) is 0. The maximum absolute atomic E-state index is 12.8. The highest BCUT2D eigenvalue weighted by Gasteiger charge is 2.45. The first kappa shape index (κ1) is 17.4. The first-order valence-corrected chi connectivity index (χ1v) is 8.58. The Morgan fingerprint density at radius 1 is 0.857 bits per heavy atom. The van der Waals surface area contributed by atoms with Crippen LogP contribution in [0.25, 0.3) is 10.8 Å². The van der Waals surface area contributed by atoms with E-state index in [1.165, 1.54) is 0 Å². The molecule has 0 aromatic heterocycles. The number of benzene rings is 3. The fourth-order valence-electron chi connectivity index (χ4n) is 3.11. The zero-order valence-corrected chi connectivity index (χ0v) is 14.6. The molecule has 3 aromatic rings. The summed E-state index contributed by atoms with van der Waals surface area (Å²) in [5.41, 5.74) is 0.730. The molecule has 5 amide bonds. The normalized spacial score (nSPS) is 16.8. The van der Waals surface area contributed by atoms with Gasteiger partial charge < -0.3 is 5.32 Å². The maximum atomic E-state index is 12.8. The van der Waals surface area contributed by atoms with E-state index >= 15 is 0 Å². The van der Waals surface area contributed by atoms with Crippen molar-refractivity contribution in [1.29, 1.82) is 0 Å². The molecular formula is C21H15N3O4. The van der Waals surface area contributed by atoms with Crippen molar-refractivity contribution in [3.05, 3.63) is 72.8 Å². The number of para-hydroxylation sites is 1. The lowest BCUT2D eigenvalue weighted by Gasteiger charge is -2.29. The number of rotatable bonds is 3. The van der Waals surface area contributed by atoms with Gasteiger partial charge in [-0.25, -0.2) is 9.69 Å². The molecule has 1 aliphatic rings. The van der Waals surface area contributed by atoms with Gasteiger partial charge in [0.1, 0.15) is 0 Å². The van der Waals surface area contributed by atoms with E-state index in [1.807, 2.05) is 30.3 Å². The molecule has 28 heavy (non-hydrogen) atoms. The highest BCUT2D eigenvalue weighted by Crippen LogP contribution is 2.23. The van der Waals surface area contributed by atoms with Gasteiger partial charge in [-0.1, -0.05) is 48.5 Å². The van der Waals surface area contributed by atoms with Crippen molar-refractivity contribution in [1.82, 2.24) is 5.32 Å². The minimum Gasteiger partial charge on any atom is -0.325 e. The van der Waals surface area contributed by atoms with Crippen LogP contribution in [0.3, 0.4) is 0 Å². The molecule has 4 rings (SSSR count). The molecule has 0 spiro atoms. The van der Waals surface area contributed by atoms with Crippen molar-refractivity contribution in [3.63, 3.8) is 0 Å². The van der Waals surface area contributed by atoms with Gasteiger partial charge in [-0.05, 0) is 35.0 Å². The smallest absolute Gasteiger partial charge is 0.325 e. The highest BCUT2D eigenvalue weighted by molar-refractivity contribution is 6.35. The van der Waals surface area contributed by atoms with E-state index in [2.05, 4.69) is 10.6 Å². The second kappa shape index (κ2) is 6.96. The van der Waals surface area contributed by atoms with Gasteiger partial charge in [-0.15, -0.1) is 0 Å². The number of amides is 5. The van der Waals surface area contributed by atoms with Crippen LogP contribution in [0.5, 0.6) is 0 Å². The summed E-state index contributed by atoms with van der Waals surface area (Å²) in [7, 11) is 0. The van der Waals surface area contributed by atoms with Crippen LogP contribution in [0.15, 0.2) is 72.8 Å². The molecule has 0 radical (unpaired) electrons. The lowest BCUT2D eigenvalue weighted by atomic mass is 10.0. The summed E-state index contributed by atoms with van der Waals surface area (Å²) < 4.78 is 0. The molecule has 138 valence electrons. The third kappa shape index (κ3) is 3.09. The van der Waals surface area contributed by atoms with Crippen molar-refractivity contribution < 1.29 is 19.2 Å². The van der Waals surface area contributed by atoms with Crippen LogP contribution in [-0.2, 0) is 14.4 Å². The van der Waals surface area contributed by atoms with Gasteiger partial charge in [-0.3, -0.25) is 19.7 Å². The first-order valence-electron chi connectivity index (χ1n) is 8.58. The summed E-state index contributed by atoms with van der Waals surface area (Å²) in [5, 5.41) is 6.56. The van der Waals surface area contributed by atoms with Gasteiger partial charge in [0.25, 0.3) is 5.91 Å². The predicted molar refractivity (Wildman–Crippen MR) is 104 cm³/mol. The van der Waals surface area contributed by atoms with E-state index < -0.39 is 29.7 Å². The Labute approximate surface area is 159 Å². The summed E-state index contributed by atoms with van der Waals surface area (Å²) in [6, 6.07) is 20.1. The van der Waals surface area contributed by atoms with Gasteiger partial charge in [-0.2, -0.15) is 0 Å². The summed E-state index contributed by atoms with van der Waals surface area (Å²) in [4.78, 5) is 50.6. The summed E-state index contributed by atoms with van der Waals surface area (Å²) in [5.74, 6) is -4.30. The SMILES string of the molecule is O=C1NC(=O)N(c2ccccc2)C(=O)C1C(=O)Nc1ccc2ccccc2c1. The second-order valence-electron chi connectivity index (χ2n) is 6.29. The third-order valence-electron chi connectivity index (χ3n) is 4.46. The van der Waals surface area contributed by atoms with E-state index in [0.717, 1.165) is 15.7 Å². The Balaban J connectivity index is 1.60. The summed E-state index contributed by atoms with van der Waals surface area (Å²) >= 11 is 0. The topological polar surface area (TPSA) is 95.6 Å². The molecule has 0 saturated carbocycles. The predicted octanol–water partition coefficient (Wildman–Crippen LogP) is 2.68. The fraction of sp³-hybridized carbons (Fsp3) is 0.0476. The van der Waals surface area contributed by atoms with E-state index in [1.54, 1.807) is 42.5 Å². The second-order valence-corrected chi connectivity index (χ2v) is 6.29. The van der Waals surface area contributed by atoms with Crippen molar-refractivity contribution in [2.45, 2.75) is 0 Å². The van der Waals surface area contributed by atoms with Gasteiger partial charge >= 0.3 is 6.03 Å². The first-order chi connectivity index (χ1) is 13.5. The maximum Gasteiger partial charge on any atom is 0.335 e. The molecular weight excluding hydrogens is 358 g/mol. The van der Waals surface area contributed by atoms with Crippen LogP contribution in [-0.4, -0.2) is 23.8 Å². The molecule has 0 bridgehead atoms. The average Bonchev–Trinajstić information content (AvgIpc) is 2.68. The number of nitrogens with one attached hydrogen (secondary N) is 2. The number of carbonyl (C=O) groups is 4. The zero-order chi connectivity index (χ0) is 19.7. The van der Waals surface area contributed by atoms with Crippen molar-refractivity contribution in [3.8, 4) is 0 Å². The number of hydrogen-bond donors (Lipinski definition) is 2. The fourth-order valence-corrected chi connectivity index (χ4v) is 3.11. The van der Waals surface area contributed by atoms with E-state index in [0.29, 0.717) is 5.69 Å². The largest absolute Gasteiger partial charge is 0.335 e. The lowest BCUT2D eigenvalue weighted by molar-refractivity contribution is -0.139. The number of fused-ring (bicyclic) bond motifs is 1. The van der Waals surface area contributed by atoms with Crippen LogP contribution in [0.4, 0.5) is 16.2 Å². The van der Waals surface area contributed by atoms with Crippen LogP contribution in [0.1, 0.15) is 0 Å². The number of anilines is 2. The number of hydrogen-bond acceptors (Lipinski definition) is 4. The molecule has 1 aliphatic heterocycles. The number of barbiturate groups is 1. The molecule has 1 atom stereocenters. The zero-order valence-electron chi connectivity index (χ0n) is 14.6. The van der Waals surface area contributed by atoms with Crippen LogP contribution >= 0.6 is 0 Å². The minimum atomic E-state index is -1.66. The van der Waals surface area contributed by atoms with Gasteiger partial charge in [0, 0.05) is 5.69 Å². The number of imide groups is 2. The van der Waals surface area contributed by atoms with Gasteiger partial charge in [0.15, 0.2) is 5.92 Å². The molecule has 1 heterocycles. The van der Waals surface area contributed by atoms with Crippen molar-refractivity contribution in [2.24, 2.45) is 5.92 Å². The summed E-state index contributed by atoms with van der Waals surface area (Å²) in [6.45, 7) is 0. The number of urea groups is 1. The lowest BCUT2D eigenvalue weighted by Crippen LogP contribution is -2.61. The molecule has 7 nitrogen and oxygen atoms in total. The van der Waals surface area contributed by atoms with E-state index in [9.17, 15) is 19.2 Å². The Morgan fingerprint density at radius 3 is 2.29 bits per heavy atom. The number of carbonyl (C=O) groups excluding carboxylic acids is 4. The van der Waals surface area contributed by atoms with Gasteiger partial charge in [0.05, 0.1) is 5.69 Å². The standard InChI is InChI=1S/C21H15N3O4/c25-18(22-15-11-10-13-6-4-5-7-14(13)12-15)17-19(26)23-21(28)24(20(17)27)16-8-2-1-3-9-16/h1-12,17H,(H,22,25)(H,23,26,28). The monoisotopic (exact) mass is 373 g/mol. The molecule has 2 N–H and O–H groups in total.